The van der Waals surface area contributed by atoms with Gasteiger partial charge in [0.25, 0.3) is 0 Å². The molecule has 0 aromatic heterocycles. The zero-order valence-corrected chi connectivity index (χ0v) is 15.4. The number of nitrogens with zero attached hydrogens (tertiary/aromatic N) is 2. The number of anilines is 2. The molecule has 0 saturated carbocycles. The van der Waals surface area contributed by atoms with E-state index in [2.05, 4.69) is 0 Å². The van der Waals surface area contributed by atoms with Gasteiger partial charge in [-0.05, 0) is 31.2 Å². The summed E-state index contributed by atoms with van der Waals surface area (Å²) in [4.78, 5) is 14.3. The third-order valence-electron chi connectivity index (χ3n) is 4.01. The molecule has 8 heteroatoms. The van der Waals surface area contributed by atoms with Crippen LogP contribution in [0.5, 0.6) is 11.5 Å². The van der Waals surface area contributed by atoms with Gasteiger partial charge >= 0.3 is 0 Å². The fourth-order valence-corrected chi connectivity index (χ4v) is 3.60. The highest BCUT2D eigenvalue weighted by molar-refractivity contribution is 7.92. The van der Waals surface area contributed by atoms with Gasteiger partial charge in [0.15, 0.2) is 11.5 Å². The van der Waals surface area contributed by atoms with Crippen LogP contribution in [0.2, 0.25) is 0 Å². The van der Waals surface area contributed by atoms with Crippen LogP contribution in [0.4, 0.5) is 11.4 Å². The number of hydrogen-bond acceptors (Lipinski definition) is 5. The van der Waals surface area contributed by atoms with Crippen LogP contribution < -0.4 is 18.7 Å². The van der Waals surface area contributed by atoms with Crippen LogP contribution in [-0.2, 0) is 14.8 Å². The zero-order chi connectivity index (χ0) is 18.7. The van der Waals surface area contributed by atoms with Crippen molar-refractivity contribution in [1.82, 2.24) is 0 Å². The predicted octanol–water partition coefficient (Wildman–Crippen LogP) is 2.23. The summed E-state index contributed by atoms with van der Waals surface area (Å²) >= 11 is 0. The molecule has 2 aromatic carbocycles. The van der Waals surface area contributed by atoms with Crippen molar-refractivity contribution in [3.05, 3.63) is 48.5 Å². The van der Waals surface area contributed by atoms with Gasteiger partial charge in [-0.15, -0.1) is 0 Å². The van der Waals surface area contributed by atoms with Crippen LogP contribution in [0.3, 0.4) is 0 Å². The van der Waals surface area contributed by atoms with Crippen LogP contribution in [0.25, 0.3) is 0 Å². The minimum atomic E-state index is -3.66. The molecular weight excluding hydrogens is 356 g/mol. The second-order valence-electron chi connectivity index (χ2n) is 5.78. The van der Waals surface area contributed by atoms with E-state index in [4.69, 9.17) is 9.47 Å². The molecule has 1 aliphatic rings. The molecule has 0 spiro atoms. The van der Waals surface area contributed by atoms with E-state index in [9.17, 15) is 13.2 Å². The van der Waals surface area contributed by atoms with Crippen LogP contribution in [0, 0.1) is 0 Å². The monoisotopic (exact) mass is 376 g/mol. The van der Waals surface area contributed by atoms with Gasteiger partial charge in [-0.2, -0.15) is 0 Å². The number of amides is 1. The maximum atomic E-state index is 12.8. The zero-order valence-electron chi connectivity index (χ0n) is 14.6. The minimum absolute atomic E-state index is 0.0915. The number of likely N-dealkylation sites (N-methyl/N-ethyl adjacent to an activating group) is 1. The minimum Gasteiger partial charge on any atom is -0.454 e. The van der Waals surface area contributed by atoms with Crippen molar-refractivity contribution < 1.29 is 22.7 Å². The van der Waals surface area contributed by atoms with Crippen molar-refractivity contribution in [3.63, 3.8) is 0 Å². The SMILES string of the molecule is CCN(C(=O)CN(c1ccc2c(c1)OCO2)S(C)(=O)=O)c1ccccc1. The molecule has 1 amide bonds. The Morgan fingerprint density at radius 2 is 1.73 bits per heavy atom. The molecule has 0 saturated heterocycles. The van der Waals surface area contributed by atoms with Gasteiger partial charge in [-0.1, -0.05) is 18.2 Å². The molecule has 2 aromatic rings. The summed E-state index contributed by atoms with van der Waals surface area (Å²) < 4.78 is 36.2. The number of rotatable bonds is 6. The van der Waals surface area contributed by atoms with Crippen LogP contribution in [0.1, 0.15) is 6.92 Å². The Hall–Kier alpha value is -2.74. The van der Waals surface area contributed by atoms with Gasteiger partial charge in [-0.25, -0.2) is 8.42 Å². The van der Waals surface area contributed by atoms with Gasteiger partial charge in [0.2, 0.25) is 22.7 Å². The Morgan fingerprint density at radius 1 is 1.04 bits per heavy atom. The summed E-state index contributed by atoms with van der Waals surface area (Å²) in [6, 6.07) is 13.9. The molecule has 1 aliphatic heterocycles. The molecule has 0 N–H and O–H groups in total. The highest BCUT2D eigenvalue weighted by Gasteiger charge is 2.26. The summed E-state index contributed by atoms with van der Waals surface area (Å²) in [6.45, 7) is 2.06. The molecule has 26 heavy (non-hydrogen) atoms. The van der Waals surface area contributed by atoms with E-state index in [1.807, 2.05) is 37.3 Å². The molecule has 1 heterocycles. The topological polar surface area (TPSA) is 76.2 Å². The van der Waals surface area contributed by atoms with E-state index in [0.29, 0.717) is 23.7 Å². The first-order valence-corrected chi connectivity index (χ1v) is 9.97. The molecule has 0 bridgehead atoms. The van der Waals surface area contributed by atoms with E-state index in [1.165, 1.54) is 0 Å². The lowest BCUT2D eigenvalue weighted by Gasteiger charge is -2.27. The van der Waals surface area contributed by atoms with Crippen LogP contribution in [-0.4, -0.2) is 40.5 Å². The second kappa shape index (κ2) is 7.25. The van der Waals surface area contributed by atoms with Crippen molar-refractivity contribution in [2.75, 3.05) is 35.3 Å². The summed E-state index contributed by atoms with van der Waals surface area (Å²) in [5, 5.41) is 0. The normalized spacial score (nSPS) is 12.7. The molecule has 0 aliphatic carbocycles. The molecule has 0 fully saturated rings. The van der Waals surface area contributed by atoms with Crippen molar-refractivity contribution in [2.24, 2.45) is 0 Å². The lowest BCUT2D eigenvalue weighted by Crippen LogP contribution is -2.42. The summed E-state index contributed by atoms with van der Waals surface area (Å²) in [5.41, 5.74) is 1.08. The van der Waals surface area contributed by atoms with Crippen molar-refractivity contribution >= 4 is 27.3 Å². The van der Waals surface area contributed by atoms with E-state index in [0.717, 1.165) is 16.2 Å². The average Bonchev–Trinajstić information content (AvgIpc) is 3.08. The van der Waals surface area contributed by atoms with E-state index >= 15 is 0 Å². The smallest absolute Gasteiger partial charge is 0.247 e. The van der Waals surface area contributed by atoms with Crippen molar-refractivity contribution in [1.29, 1.82) is 0 Å². The number of hydrogen-bond donors (Lipinski definition) is 0. The number of fused-ring (bicyclic) bond motifs is 1. The van der Waals surface area contributed by atoms with Gasteiger partial charge < -0.3 is 14.4 Å². The molecule has 0 radical (unpaired) electrons. The third-order valence-corrected chi connectivity index (χ3v) is 5.15. The number of sulfonamides is 1. The summed E-state index contributed by atoms with van der Waals surface area (Å²) in [7, 11) is -3.66. The first-order chi connectivity index (χ1) is 12.4. The van der Waals surface area contributed by atoms with Gasteiger partial charge in [0.05, 0.1) is 11.9 Å². The number of carbonyl (C=O) groups is 1. The number of para-hydroxylation sites is 1. The lowest BCUT2D eigenvalue weighted by atomic mass is 10.2. The summed E-state index contributed by atoms with van der Waals surface area (Å²) in [5.74, 6) is 0.689. The molecule has 7 nitrogen and oxygen atoms in total. The molecule has 3 rings (SSSR count). The Bertz CT molecular complexity index is 899. The Kier molecular flexibility index (Phi) is 5.03. The molecule has 0 atom stereocenters. The molecular formula is C18H20N2O5S. The highest BCUT2D eigenvalue weighted by Crippen LogP contribution is 2.36. The van der Waals surface area contributed by atoms with Crippen molar-refractivity contribution in [3.8, 4) is 11.5 Å². The summed E-state index contributed by atoms with van der Waals surface area (Å²) in [6.07, 6.45) is 1.07. The molecule has 138 valence electrons. The largest absolute Gasteiger partial charge is 0.454 e. The van der Waals surface area contributed by atoms with Crippen LogP contribution >= 0.6 is 0 Å². The lowest BCUT2D eigenvalue weighted by molar-refractivity contribution is -0.117. The quantitative estimate of drug-likeness (QED) is 0.773. The van der Waals surface area contributed by atoms with Crippen LogP contribution in [0.15, 0.2) is 48.5 Å². The first kappa shape index (κ1) is 18.1. The van der Waals surface area contributed by atoms with Gasteiger partial charge in [0.1, 0.15) is 6.54 Å². The van der Waals surface area contributed by atoms with E-state index < -0.39 is 10.0 Å². The maximum absolute atomic E-state index is 12.8. The van der Waals surface area contributed by atoms with Gasteiger partial charge in [-0.3, -0.25) is 9.10 Å². The predicted molar refractivity (Wildman–Crippen MR) is 99.2 cm³/mol. The fourth-order valence-electron chi connectivity index (χ4n) is 2.76. The highest BCUT2D eigenvalue weighted by atomic mass is 32.2. The van der Waals surface area contributed by atoms with Gasteiger partial charge in [0, 0.05) is 18.3 Å². The first-order valence-electron chi connectivity index (χ1n) is 8.13. The number of ether oxygens (including phenoxy) is 2. The van der Waals surface area contributed by atoms with E-state index in [-0.39, 0.29) is 19.2 Å². The van der Waals surface area contributed by atoms with Crippen molar-refractivity contribution in [2.45, 2.75) is 6.92 Å². The third kappa shape index (κ3) is 3.75. The Morgan fingerprint density at radius 3 is 2.38 bits per heavy atom. The molecule has 0 unspecified atom stereocenters. The Balaban J connectivity index is 1.88. The Labute approximate surface area is 152 Å². The fraction of sp³-hybridized carbons (Fsp3) is 0.278. The number of benzene rings is 2. The second-order valence-corrected chi connectivity index (χ2v) is 7.69. The number of carbonyl (C=O) groups excluding carboxylic acids is 1. The standard InChI is InChI=1S/C18H20N2O5S/c1-3-19(14-7-5-4-6-8-14)18(21)12-20(26(2,22)23)15-9-10-16-17(11-15)25-13-24-16/h4-11H,3,12-13H2,1-2H3. The maximum Gasteiger partial charge on any atom is 0.247 e. The van der Waals surface area contributed by atoms with E-state index in [1.54, 1.807) is 23.1 Å². The average molecular weight is 376 g/mol.